The van der Waals surface area contributed by atoms with E-state index >= 15 is 0 Å². The van der Waals surface area contributed by atoms with Gasteiger partial charge in [-0.3, -0.25) is 0 Å². The van der Waals surface area contributed by atoms with Gasteiger partial charge in [0.05, 0.1) is 6.26 Å². The summed E-state index contributed by atoms with van der Waals surface area (Å²) in [6.07, 6.45) is 5.70. The topological polar surface area (TPSA) is 36.6 Å². The van der Waals surface area contributed by atoms with Gasteiger partial charge >= 0.3 is 0 Å². The molecule has 15 heavy (non-hydrogen) atoms. The summed E-state index contributed by atoms with van der Waals surface area (Å²) in [6.45, 7) is 0. The number of aliphatic hydroxyl groups is 1. The van der Waals surface area contributed by atoms with Gasteiger partial charge in [-0.1, -0.05) is 0 Å². The zero-order valence-corrected chi connectivity index (χ0v) is 9.02. The number of rotatable bonds is 1. The second-order valence-corrected chi connectivity index (χ2v) is 4.97. The van der Waals surface area contributed by atoms with Crippen molar-refractivity contribution in [3.63, 3.8) is 0 Å². The Morgan fingerprint density at radius 3 is 2.60 bits per heavy atom. The Kier molecular flexibility index (Phi) is 1.94. The number of hydrogen-bond donors (Lipinski definition) is 1. The van der Waals surface area contributed by atoms with E-state index in [0.29, 0.717) is 12.1 Å². The second-order valence-electron chi connectivity index (χ2n) is 4.97. The Balaban J connectivity index is 1.90. The Morgan fingerprint density at radius 1 is 1.40 bits per heavy atom. The molecule has 0 amide bonds. The summed E-state index contributed by atoms with van der Waals surface area (Å²) in [6, 6.07) is 4.80. The van der Waals surface area contributed by atoms with Gasteiger partial charge in [-0.15, -0.1) is 0 Å². The Labute approximate surface area is 89.7 Å². The van der Waals surface area contributed by atoms with Gasteiger partial charge in [0, 0.05) is 12.1 Å². The third-order valence-corrected chi connectivity index (χ3v) is 4.11. The lowest BCUT2D eigenvalue weighted by Crippen LogP contribution is -2.47. The first-order valence-electron chi connectivity index (χ1n) is 5.67. The molecule has 2 aliphatic rings. The minimum atomic E-state index is -0.720. The molecule has 3 heterocycles. The molecule has 1 aromatic rings. The van der Waals surface area contributed by atoms with Crippen LogP contribution in [0.25, 0.3) is 0 Å². The van der Waals surface area contributed by atoms with E-state index in [4.69, 9.17) is 4.42 Å². The maximum atomic E-state index is 10.6. The number of fused-ring (bicyclic) bond motifs is 2. The van der Waals surface area contributed by atoms with Crippen LogP contribution in [0.4, 0.5) is 0 Å². The monoisotopic (exact) mass is 207 g/mol. The Morgan fingerprint density at radius 2 is 2.07 bits per heavy atom. The Hall–Kier alpha value is -0.800. The van der Waals surface area contributed by atoms with Crippen molar-refractivity contribution in [1.29, 1.82) is 0 Å². The standard InChI is InChI=1S/C12H17NO2/c1-13-9-4-5-10(13)8-12(14,7-9)11-3-2-6-15-11/h2-3,6,9-10,14H,4-5,7-8H2,1H3. The van der Waals surface area contributed by atoms with Crippen LogP contribution in [0, 0.1) is 0 Å². The van der Waals surface area contributed by atoms with Crippen molar-refractivity contribution in [2.24, 2.45) is 0 Å². The molecule has 2 unspecified atom stereocenters. The average molecular weight is 207 g/mol. The van der Waals surface area contributed by atoms with Gasteiger partial charge < -0.3 is 14.4 Å². The molecule has 1 aromatic heterocycles. The van der Waals surface area contributed by atoms with Crippen molar-refractivity contribution in [3.05, 3.63) is 24.2 Å². The van der Waals surface area contributed by atoms with Crippen LogP contribution in [0.2, 0.25) is 0 Å². The lowest BCUT2D eigenvalue weighted by atomic mass is 9.84. The number of nitrogens with zero attached hydrogens (tertiary/aromatic N) is 1. The van der Waals surface area contributed by atoms with Crippen molar-refractivity contribution < 1.29 is 9.52 Å². The van der Waals surface area contributed by atoms with E-state index in [2.05, 4.69) is 11.9 Å². The SMILES string of the molecule is CN1C2CCC1CC(O)(c1ccco1)C2. The van der Waals surface area contributed by atoms with Crippen LogP contribution in [-0.2, 0) is 5.60 Å². The maximum absolute atomic E-state index is 10.6. The number of furan rings is 1. The second kappa shape index (κ2) is 3.09. The van der Waals surface area contributed by atoms with Crippen LogP contribution in [0.3, 0.4) is 0 Å². The first kappa shape index (κ1) is 9.43. The molecule has 2 aliphatic heterocycles. The summed E-state index contributed by atoms with van der Waals surface area (Å²) < 4.78 is 5.37. The van der Waals surface area contributed by atoms with E-state index in [1.165, 1.54) is 12.8 Å². The normalized spacial score (nSPS) is 40.9. The molecule has 0 radical (unpaired) electrons. The van der Waals surface area contributed by atoms with Gasteiger partial charge in [-0.25, -0.2) is 0 Å². The van der Waals surface area contributed by atoms with E-state index in [9.17, 15) is 5.11 Å². The van der Waals surface area contributed by atoms with Gasteiger partial charge in [0.1, 0.15) is 11.4 Å². The molecule has 0 aliphatic carbocycles. The molecule has 3 nitrogen and oxygen atoms in total. The highest BCUT2D eigenvalue weighted by Crippen LogP contribution is 2.44. The zero-order valence-electron chi connectivity index (χ0n) is 9.02. The minimum absolute atomic E-state index is 0.527. The number of hydrogen-bond acceptors (Lipinski definition) is 3. The molecule has 2 bridgehead atoms. The summed E-state index contributed by atoms with van der Waals surface area (Å²) >= 11 is 0. The van der Waals surface area contributed by atoms with Crippen LogP contribution in [0.15, 0.2) is 22.8 Å². The molecule has 2 fully saturated rings. The van der Waals surface area contributed by atoms with Crippen molar-refractivity contribution in [2.75, 3.05) is 7.05 Å². The fourth-order valence-corrected chi connectivity index (χ4v) is 3.19. The van der Waals surface area contributed by atoms with Gasteiger partial charge in [-0.05, 0) is 44.9 Å². The van der Waals surface area contributed by atoms with E-state index in [1.807, 2.05) is 12.1 Å². The summed E-state index contributed by atoms with van der Waals surface area (Å²) in [5.74, 6) is 0.743. The molecule has 0 saturated carbocycles. The molecule has 0 aromatic carbocycles. The molecular weight excluding hydrogens is 190 g/mol. The molecule has 3 heteroatoms. The largest absolute Gasteiger partial charge is 0.466 e. The van der Waals surface area contributed by atoms with Crippen LogP contribution in [-0.4, -0.2) is 29.1 Å². The fourth-order valence-electron chi connectivity index (χ4n) is 3.19. The summed E-state index contributed by atoms with van der Waals surface area (Å²) in [4.78, 5) is 2.41. The minimum Gasteiger partial charge on any atom is -0.466 e. The van der Waals surface area contributed by atoms with Crippen LogP contribution in [0.1, 0.15) is 31.4 Å². The van der Waals surface area contributed by atoms with Crippen LogP contribution in [0.5, 0.6) is 0 Å². The molecule has 3 rings (SSSR count). The van der Waals surface area contributed by atoms with Gasteiger partial charge in [-0.2, -0.15) is 0 Å². The molecule has 82 valence electrons. The maximum Gasteiger partial charge on any atom is 0.135 e. The molecular formula is C12H17NO2. The molecule has 1 N–H and O–H groups in total. The van der Waals surface area contributed by atoms with Crippen molar-refractivity contribution in [2.45, 2.75) is 43.4 Å². The summed E-state index contributed by atoms with van der Waals surface area (Å²) in [5, 5.41) is 10.6. The molecule has 2 saturated heterocycles. The fraction of sp³-hybridized carbons (Fsp3) is 0.667. The first-order chi connectivity index (χ1) is 7.19. The van der Waals surface area contributed by atoms with Crippen LogP contribution >= 0.6 is 0 Å². The van der Waals surface area contributed by atoms with Gasteiger partial charge in [0.25, 0.3) is 0 Å². The molecule has 2 atom stereocenters. The highest BCUT2D eigenvalue weighted by molar-refractivity contribution is 5.14. The highest BCUT2D eigenvalue weighted by atomic mass is 16.4. The highest BCUT2D eigenvalue weighted by Gasteiger charge is 2.48. The van der Waals surface area contributed by atoms with Crippen molar-refractivity contribution >= 4 is 0 Å². The van der Waals surface area contributed by atoms with E-state index in [0.717, 1.165) is 18.6 Å². The van der Waals surface area contributed by atoms with Gasteiger partial charge in [0.15, 0.2) is 0 Å². The lowest BCUT2D eigenvalue weighted by Gasteiger charge is -2.40. The van der Waals surface area contributed by atoms with E-state index in [-0.39, 0.29) is 0 Å². The van der Waals surface area contributed by atoms with Crippen molar-refractivity contribution in [3.8, 4) is 0 Å². The summed E-state index contributed by atoms with van der Waals surface area (Å²) in [7, 11) is 2.17. The average Bonchev–Trinajstić information content (AvgIpc) is 2.79. The third-order valence-electron chi connectivity index (χ3n) is 4.11. The lowest BCUT2D eigenvalue weighted by molar-refractivity contribution is -0.0636. The van der Waals surface area contributed by atoms with Gasteiger partial charge in [0.2, 0.25) is 0 Å². The molecule has 0 spiro atoms. The zero-order chi connectivity index (χ0) is 10.5. The van der Waals surface area contributed by atoms with Crippen molar-refractivity contribution in [1.82, 2.24) is 4.90 Å². The van der Waals surface area contributed by atoms with E-state index < -0.39 is 5.60 Å². The smallest absolute Gasteiger partial charge is 0.135 e. The Bertz CT molecular complexity index is 333. The van der Waals surface area contributed by atoms with E-state index in [1.54, 1.807) is 6.26 Å². The predicted octanol–water partition coefficient (Wildman–Crippen LogP) is 1.72. The quantitative estimate of drug-likeness (QED) is 0.761. The summed E-state index contributed by atoms with van der Waals surface area (Å²) in [5.41, 5.74) is -0.720. The predicted molar refractivity (Wildman–Crippen MR) is 56.4 cm³/mol. The van der Waals surface area contributed by atoms with Crippen LogP contribution < -0.4 is 0 Å². The first-order valence-corrected chi connectivity index (χ1v) is 5.67. The number of piperidine rings is 1. The third kappa shape index (κ3) is 1.34.